The maximum Gasteiger partial charge on any atom is 0.258 e. The van der Waals surface area contributed by atoms with Gasteiger partial charge in [0.1, 0.15) is 5.82 Å². The van der Waals surface area contributed by atoms with Gasteiger partial charge in [-0.25, -0.2) is 4.39 Å². The molecular formula is C16H14ClFN2O. The Hall–Kier alpha value is -1.91. The van der Waals surface area contributed by atoms with Gasteiger partial charge in [0.25, 0.3) is 5.91 Å². The Morgan fingerprint density at radius 1 is 1.29 bits per heavy atom. The number of carbonyl (C=O) groups is 1. The fourth-order valence-corrected chi connectivity index (χ4v) is 2.68. The Balaban J connectivity index is 1.90. The lowest BCUT2D eigenvalue weighted by molar-refractivity contribution is 0.102. The normalized spacial score (nSPS) is 13.6. The van der Waals surface area contributed by atoms with Gasteiger partial charge < -0.3 is 10.6 Å². The fraction of sp³-hybridized carbons (Fsp3) is 0.188. The molecule has 0 bridgehead atoms. The number of hydrogen-bond acceptors (Lipinski definition) is 2. The molecule has 21 heavy (non-hydrogen) atoms. The number of anilines is 1. The van der Waals surface area contributed by atoms with Crippen LogP contribution >= 0.6 is 11.6 Å². The van der Waals surface area contributed by atoms with E-state index in [2.05, 4.69) is 10.6 Å². The van der Waals surface area contributed by atoms with Gasteiger partial charge in [0.2, 0.25) is 0 Å². The van der Waals surface area contributed by atoms with Gasteiger partial charge in [0, 0.05) is 17.3 Å². The van der Waals surface area contributed by atoms with Crippen LogP contribution in [0.5, 0.6) is 0 Å². The number of nitrogens with one attached hydrogen (secondary N) is 2. The molecule has 0 radical (unpaired) electrons. The van der Waals surface area contributed by atoms with E-state index >= 15 is 0 Å². The first-order valence-electron chi connectivity index (χ1n) is 6.73. The quantitative estimate of drug-likeness (QED) is 0.893. The van der Waals surface area contributed by atoms with Crippen molar-refractivity contribution < 1.29 is 9.18 Å². The molecule has 2 aromatic rings. The summed E-state index contributed by atoms with van der Waals surface area (Å²) in [4.78, 5) is 12.2. The first-order chi connectivity index (χ1) is 10.1. The van der Waals surface area contributed by atoms with Crippen LogP contribution in [0, 0.1) is 5.82 Å². The number of benzene rings is 2. The van der Waals surface area contributed by atoms with Crippen molar-refractivity contribution >= 4 is 23.2 Å². The van der Waals surface area contributed by atoms with Crippen molar-refractivity contribution in [2.75, 3.05) is 11.9 Å². The molecule has 0 saturated carbocycles. The molecule has 0 aliphatic carbocycles. The van der Waals surface area contributed by atoms with E-state index < -0.39 is 11.7 Å². The van der Waals surface area contributed by atoms with Crippen LogP contribution in [0.3, 0.4) is 0 Å². The van der Waals surface area contributed by atoms with Gasteiger partial charge in [-0.3, -0.25) is 4.79 Å². The zero-order valence-electron chi connectivity index (χ0n) is 11.2. The summed E-state index contributed by atoms with van der Waals surface area (Å²) in [7, 11) is 0. The molecule has 1 aliphatic heterocycles. The Morgan fingerprint density at radius 3 is 3.00 bits per heavy atom. The molecule has 0 atom stereocenters. The minimum atomic E-state index is -0.580. The molecule has 108 valence electrons. The fourth-order valence-electron chi connectivity index (χ4n) is 2.51. The average molecular weight is 305 g/mol. The van der Waals surface area contributed by atoms with Crippen molar-refractivity contribution in [2.24, 2.45) is 0 Å². The first kappa shape index (κ1) is 14.0. The molecule has 0 spiro atoms. The van der Waals surface area contributed by atoms with Crippen LogP contribution in [0.2, 0.25) is 5.02 Å². The van der Waals surface area contributed by atoms with Crippen LogP contribution < -0.4 is 10.6 Å². The monoisotopic (exact) mass is 304 g/mol. The van der Waals surface area contributed by atoms with E-state index in [0.717, 1.165) is 36.3 Å². The molecular weight excluding hydrogens is 291 g/mol. The number of rotatable bonds is 2. The maximum atomic E-state index is 13.7. The number of halogens is 2. The SMILES string of the molecule is O=C(Nc1cccc2c1CCNC2)c1cc(Cl)ccc1F. The van der Waals surface area contributed by atoms with Crippen molar-refractivity contribution in [3.8, 4) is 0 Å². The first-order valence-corrected chi connectivity index (χ1v) is 7.11. The Bertz CT molecular complexity index is 703. The molecule has 0 fully saturated rings. The average Bonchev–Trinajstić information content (AvgIpc) is 2.50. The third-order valence-corrected chi connectivity index (χ3v) is 3.80. The predicted octanol–water partition coefficient (Wildman–Crippen LogP) is 3.38. The highest BCUT2D eigenvalue weighted by molar-refractivity contribution is 6.31. The lowest BCUT2D eigenvalue weighted by Gasteiger charge is -2.20. The van der Waals surface area contributed by atoms with Crippen LogP contribution in [0.1, 0.15) is 21.5 Å². The van der Waals surface area contributed by atoms with Crippen LogP contribution in [-0.4, -0.2) is 12.5 Å². The molecule has 1 aliphatic rings. The molecule has 1 heterocycles. The highest BCUT2D eigenvalue weighted by Gasteiger charge is 2.17. The van der Waals surface area contributed by atoms with Crippen LogP contribution in [0.25, 0.3) is 0 Å². The number of hydrogen-bond donors (Lipinski definition) is 2. The van der Waals surface area contributed by atoms with Gasteiger partial charge in [-0.15, -0.1) is 0 Å². The van der Waals surface area contributed by atoms with E-state index in [9.17, 15) is 9.18 Å². The molecule has 2 N–H and O–H groups in total. The lowest BCUT2D eigenvalue weighted by atomic mass is 9.99. The molecule has 3 nitrogen and oxygen atoms in total. The minimum Gasteiger partial charge on any atom is -0.322 e. The number of carbonyl (C=O) groups excluding carboxylic acids is 1. The molecule has 0 saturated heterocycles. The summed E-state index contributed by atoms with van der Waals surface area (Å²) in [5.41, 5.74) is 2.95. The lowest BCUT2D eigenvalue weighted by Crippen LogP contribution is -2.25. The Labute approximate surface area is 127 Å². The third kappa shape index (κ3) is 2.91. The molecule has 3 rings (SSSR count). The van der Waals surface area contributed by atoms with Crippen molar-refractivity contribution in [1.29, 1.82) is 0 Å². The maximum absolute atomic E-state index is 13.7. The second-order valence-electron chi connectivity index (χ2n) is 4.95. The summed E-state index contributed by atoms with van der Waals surface area (Å²) in [6.07, 6.45) is 0.837. The van der Waals surface area contributed by atoms with Gasteiger partial charge in [-0.05, 0) is 48.4 Å². The van der Waals surface area contributed by atoms with E-state index in [1.54, 1.807) is 0 Å². The van der Waals surface area contributed by atoms with Gasteiger partial charge in [-0.2, -0.15) is 0 Å². The van der Waals surface area contributed by atoms with E-state index in [0.29, 0.717) is 5.02 Å². The van der Waals surface area contributed by atoms with Crippen LogP contribution in [0.4, 0.5) is 10.1 Å². The number of fused-ring (bicyclic) bond motifs is 1. The van der Waals surface area contributed by atoms with Crippen LogP contribution in [-0.2, 0) is 13.0 Å². The summed E-state index contributed by atoms with van der Waals surface area (Å²) in [6, 6.07) is 9.70. The topological polar surface area (TPSA) is 41.1 Å². The molecule has 1 amide bonds. The Kier molecular flexibility index (Phi) is 3.90. The summed E-state index contributed by atoms with van der Waals surface area (Å²) in [5.74, 6) is -1.06. The predicted molar refractivity (Wildman–Crippen MR) is 81.2 cm³/mol. The second kappa shape index (κ2) is 5.84. The van der Waals surface area contributed by atoms with Crippen molar-refractivity contribution in [3.05, 3.63) is 63.9 Å². The van der Waals surface area contributed by atoms with E-state index in [1.165, 1.54) is 18.2 Å². The molecule has 0 aromatic heterocycles. The van der Waals surface area contributed by atoms with Crippen molar-refractivity contribution in [1.82, 2.24) is 5.32 Å². The van der Waals surface area contributed by atoms with Gasteiger partial charge in [0.05, 0.1) is 5.56 Å². The minimum absolute atomic E-state index is 0.0472. The van der Waals surface area contributed by atoms with E-state index in [4.69, 9.17) is 11.6 Å². The van der Waals surface area contributed by atoms with E-state index in [-0.39, 0.29) is 5.56 Å². The summed E-state index contributed by atoms with van der Waals surface area (Å²) in [6.45, 7) is 1.65. The third-order valence-electron chi connectivity index (χ3n) is 3.56. The van der Waals surface area contributed by atoms with Crippen LogP contribution in [0.15, 0.2) is 36.4 Å². The molecule has 2 aromatic carbocycles. The number of amides is 1. The highest BCUT2D eigenvalue weighted by Crippen LogP contribution is 2.24. The van der Waals surface area contributed by atoms with Gasteiger partial charge in [0.15, 0.2) is 0 Å². The zero-order chi connectivity index (χ0) is 14.8. The summed E-state index contributed by atoms with van der Waals surface area (Å²) < 4.78 is 13.7. The molecule has 0 unspecified atom stereocenters. The largest absolute Gasteiger partial charge is 0.322 e. The smallest absolute Gasteiger partial charge is 0.258 e. The van der Waals surface area contributed by atoms with E-state index in [1.807, 2.05) is 18.2 Å². The van der Waals surface area contributed by atoms with Crippen molar-refractivity contribution in [3.63, 3.8) is 0 Å². The summed E-state index contributed by atoms with van der Waals surface area (Å²) in [5, 5.41) is 6.40. The Morgan fingerprint density at radius 2 is 2.14 bits per heavy atom. The highest BCUT2D eigenvalue weighted by atomic mass is 35.5. The standard InChI is InChI=1S/C16H14ClFN2O/c17-11-4-5-14(18)13(8-11)16(21)20-15-3-1-2-10-9-19-7-6-12(10)15/h1-5,8,19H,6-7,9H2,(H,20,21). The molecule has 5 heteroatoms. The second-order valence-corrected chi connectivity index (χ2v) is 5.38. The van der Waals surface area contributed by atoms with Gasteiger partial charge >= 0.3 is 0 Å². The van der Waals surface area contributed by atoms with Crippen molar-refractivity contribution in [2.45, 2.75) is 13.0 Å². The van der Waals surface area contributed by atoms with Gasteiger partial charge in [-0.1, -0.05) is 23.7 Å². The summed E-state index contributed by atoms with van der Waals surface area (Å²) >= 11 is 5.82. The zero-order valence-corrected chi connectivity index (χ0v) is 12.0.